The van der Waals surface area contributed by atoms with E-state index >= 15 is 0 Å². The molecule has 1 saturated heterocycles. The van der Waals surface area contributed by atoms with Crippen molar-refractivity contribution in [2.75, 3.05) is 20.8 Å². The lowest BCUT2D eigenvalue weighted by molar-refractivity contribution is -0.198. The second kappa shape index (κ2) is 15.9. The molecule has 1 aliphatic heterocycles. The number of hydroxylamine groups is 2. The molecule has 0 radical (unpaired) electrons. The van der Waals surface area contributed by atoms with Gasteiger partial charge in [-0.15, -0.1) is 5.06 Å². The summed E-state index contributed by atoms with van der Waals surface area (Å²) in [5, 5.41) is 13.0. The number of amides is 2. The fraction of sp³-hybridized carbons (Fsp3) is 0.472. The molecular formula is C36H45NO8. The van der Waals surface area contributed by atoms with Crippen molar-refractivity contribution in [3.8, 4) is 11.5 Å². The van der Waals surface area contributed by atoms with E-state index in [4.69, 9.17) is 19.0 Å². The van der Waals surface area contributed by atoms with Gasteiger partial charge in [0.15, 0.2) is 0 Å². The van der Waals surface area contributed by atoms with E-state index in [-0.39, 0.29) is 25.7 Å². The van der Waals surface area contributed by atoms with E-state index in [1.807, 2.05) is 66.8 Å². The average molecular weight is 620 g/mol. The van der Waals surface area contributed by atoms with Crippen molar-refractivity contribution in [3.05, 3.63) is 83.5 Å². The fourth-order valence-corrected chi connectivity index (χ4v) is 5.73. The van der Waals surface area contributed by atoms with Crippen LogP contribution in [0.15, 0.2) is 72.3 Å². The summed E-state index contributed by atoms with van der Waals surface area (Å²) in [5.41, 5.74) is -0.337. The van der Waals surface area contributed by atoms with Crippen LogP contribution in [0.4, 0.5) is 0 Å². The number of hydrogen-bond acceptors (Lipinski definition) is 8. The van der Waals surface area contributed by atoms with E-state index in [0.717, 1.165) is 19.3 Å². The molecule has 0 aromatic heterocycles. The van der Waals surface area contributed by atoms with Crippen molar-refractivity contribution in [3.63, 3.8) is 0 Å². The summed E-state index contributed by atoms with van der Waals surface area (Å²) in [4.78, 5) is 41.7. The Morgan fingerprint density at radius 1 is 0.867 bits per heavy atom. The molecule has 1 aliphatic carbocycles. The van der Waals surface area contributed by atoms with E-state index in [2.05, 4.69) is 6.92 Å². The zero-order valence-corrected chi connectivity index (χ0v) is 26.6. The standard InChI is InChI=1S/C36H45NO8/c1-4-5-6-7-8-9-26-44-35(25-22-34(40)45-37-32(38)18-19-33(37)39)23-20-29(21-24-35)36(41,27-10-14-30(42-2)15-11-27)28-12-16-31(43-3)17-13-28/h10-17,20-21,23,41H,4-9,18-19,22,24-26H2,1-3H3/t35-/m0/s1. The Morgan fingerprint density at radius 3 is 1.93 bits per heavy atom. The normalized spacial score (nSPS) is 18.2. The van der Waals surface area contributed by atoms with Crippen LogP contribution in [0.25, 0.3) is 0 Å². The van der Waals surface area contributed by atoms with E-state index in [1.54, 1.807) is 14.2 Å². The minimum Gasteiger partial charge on any atom is -0.497 e. The predicted octanol–water partition coefficient (Wildman–Crippen LogP) is 6.33. The number of unbranched alkanes of at least 4 members (excludes halogenated alkanes) is 5. The number of ether oxygens (including phenoxy) is 3. The summed E-state index contributed by atoms with van der Waals surface area (Å²) < 4.78 is 17.2. The van der Waals surface area contributed by atoms with Crippen molar-refractivity contribution in [1.29, 1.82) is 0 Å². The summed E-state index contributed by atoms with van der Waals surface area (Å²) >= 11 is 0. The van der Waals surface area contributed by atoms with Crippen molar-refractivity contribution in [2.45, 2.75) is 88.8 Å². The third-order valence-electron chi connectivity index (χ3n) is 8.51. The largest absolute Gasteiger partial charge is 0.497 e. The Morgan fingerprint density at radius 2 is 1.42 bits per heavy atom. The van der Waals surface area contributed by atoms with E-state index < -0.39 is 29.0 Å². The van der Waals surface area contributed by atoms with Gasteiger partial charge in [-0.3, -0.25) is 9.59 Å². The molecule has 242 valence electrons. The van der Waals surface area contributed by atoms with Gasteiger partial charge in [0.1, 0.15) is 17.1 Å². The molecule has 1 fully saturated rings. The number of benzene rings is 2. The molecule has 2 aliphatic rings. The molecule has 0 bridgehead atoms. The molecular weight excluding hydrogens is 574 g/mol. The Bertz CT molecular complexity index is 1300. The second-order valence-corrected chi connectivity index (χ2v) is 11.6. The Labute approximate surface area is 265 Å². The van der Waals surface area contributed by atoms with E-state index in [0.29, 0.717) is 46.3 Å². The maximum atomic E-state index is 12.7. The molecule has 9 heteroatoms. The molecule has 4 rings (SSSR count). The first kappa shape index (κ1) is 33.9. The summed E-state index contributed by atoms with van der Waals surface area (Å²) in [6.45, 7) is 2.70. The van der Waals surface area contributed by atoms with Crippen LogP contribution < -0.4 is 9.47 Å². The van der Waals surface area contributed by atoms with Gasteiger partial charge in [-0.1, -0.05) is 81.5 Å². The first-order valence-electron chi connectivity index (χ1n) is 15.9. The topological polar surface area (TPSA) is 112 Å². The van der Waals surface area contributed by atoms with Crippen LogP contribution >= 0.6 is 0 Å². The molecule has 1 atom stereocenters. The van der Waals surface area contributed by atoms with Gasteiger partial charge in [-0.2, -0.15) is 0 Å². The number of aliphatic hydroxyl groups is 1. The minimum absolute atomic E-state index is 0.0407. The fourth-order valence-electron chi connectivity index (χ4n) is 5.73. The zero-order chi connectivity index (χ0) is 32.3. The molecule has 9 nitrogen and oxygen atoms in total. The average Bonchev–Trinajstić information content (AvgIpc) is 3.39. The third kappa shape index (κ3) is 8.41. The van der Waals surface area contributed by atoms with Gasteiger partial charge in [-0.25, -0.2) is 4.79 Å². The van der Waals surface area contributed by atoms with Crippen LogP contribution in [0.2, 0.25) is 0 Å². The third-order valence-corrected chi connectivity index (χ3v) is 8.51. The molecule has 0 spiro atoms. The summed E-state index contributed by atoms with van der Waals surface area (Å²) in [6, 6.07) is 14.6. The smallest absolute Gasteiger partial charge is 0.333 e. The van der Waals surface area contributed by atoms with Crippen LogP contribution in [0.1, 0.15) is 88.7 Å². The summed E-state index contributed by atoms with van der Waals surface area (Å²) in [7, 11) is 3.19. The Hall–Kier alpha value is -3.95. The van der Waals surface area contributed by atoms with Crippen LogP contribution in [0.3, 0.4) is 0 Å². The lowest BCUT2D eigenvalue weighted by Crippen LogP contribution is -2.37. The molecule has 1 heterocycles. The molecule has 2 aromatic rings. The highest BCUT2D eigenvalue weighted by Crippen LogP contribution is 2.42. The molecule has 0 saturated carbocycles. The quantitative estimate of drug-likeness (QED) is 0.162. The van der Waals surface area contributed by atoms with Crippen LogP contribution in [-0.2, 0) is 29.6 Å². The number of carbonyl (C=O) groups is 3. The van der Waals surface area contributed by atoms with Gasteiger partial charge in [0, 0.05) is 19.4 Å². The minimum atomic E-state index is -1.49. The number of imide groups is 1. The maximum absolute atomic E-state index is 12.7. The number of nitrogens with zero attached hydrogens (tertiary/aromatic N) is 1. The summed E-state index contributed by atoms with van der Waals surface area (Å²) in [6.07, 6.45) is 13.1. The van der Waals surface area contributed by atoms with Gasteiger partial charge in [0.05, 0.1) is 26.2 Å². The van der Waals surface area contributed by atoms with Crippen molar-refractivity contribution in [2.24, 2.45) is 0 Å². The second-order valence-electron chi connectivity index (χ2n) is 11.6. The molecule has 1 N–H and O–H groups in total. The first-order valence-corrected chi connectivity index (χ1v) is 15.9. The lowest BCUT2D eigenvalue weighted by atomic mass is 9.75. The maximum Gasteiger partial charge on any atom is 0.333 e. The molecule has 2 amide bonds. The van der Waals surface area contributed by atoms with Gasteiger partial charge >= 0.3 is 5.97 Å². The SMILES string of the molecule is CCCCCCCCO[C@@]1(CCC(=O)ON2C(=O)CCC2=O)C=CC(C(O)(c2ccc(OC)cc2)c2ccc(OC)cc2)=CC1. The van der Waals surface area contributed by atoms with E-state index in [1.165, 1.54) is 19.3 Å². The molecule has 45 heavy (non-hydrogen) atoms. The van der Waals surface area contributed by atoms with Gasteiger partial charge < -0.3 is 24.2 Å². The molecule has 0 unspecified atom stereocenters. The first-order chi connectivity index (χ1) is 21.7. The molecule has 2 aromatic carbocycles. The number of hydrogen-bond donors (Lipinski definition) is 1. The van der Waals surface area contributed by atoms with Crippen LogP contribution in [-0.4, -0.2) is 54.4 Å². The zero-order valence-electron chi connectivity index (χ0n) is 26.6. The number of methoxy groups -OCH3 is 2. The monoisotopic (exact) mass is 619 g/mol. The lowest BCUT2D eigenvalue weighted by Gasteiger charge is -2.37. The van der Waals surface area contributed by atoms with Crippen molar-refractivity contribution >= 4 is 17.8 Å². The van der Waals surface area contributed by atoms with Gasteiger partial charge in [0.2, 0.25) is 0 Å². The number of carbonyl (C=O) groups excluding carboxylic acids is 3. The highest BCUT2D eigenvalue weighted by atomic mass is 16.7. The summed E-state index contributed by atoms with van der Waals surface area (Å²) in [5.74, 6) is -0.337. The van der Waals surface area contributed by atoms with E-state index in [9.17, 15) is 19.5 Å². The van der Waals surface area contributed by atoms with Crippen LogP contribution in [0.5, 0.6) is 11.5 Å². The van der Waals surface area contributed by atoms with Gasteiger partial charge in [0.25, 0.3) is 11.8 Å². The number of rotatable bonds is 17. The van der Waals surface area contributed by atoms with Crippen molar-refractivity contribution < 1.29 is 38.5 Å². The predicted molar refractivity (Wildman–Crippen MR) is 169 cm³/mol. The van der Waals surface area contributed by atoms with Crippen molar-refractivity contribution in [1.82, 2.24) is 5.06 Å². The highest BCUT2D eigenvalue weighted by molar-refractivity contribution is 6.01. The Balaban J connectivity index is 1.55. The Kier molecular flexibility index (Phi) is 12.0. The van der Waals surface area contributed by atoms with Gasteiger partial charge in [-0.05, 0) is 60.2 Å². The van der Waals surface area contributed by atoms with Crippen LogP contribution in [0, 0.1) is 0 Å². The highest BCUT2D eigenvalue weighted by Gasteiger charge is 2.40.